The largest absolute Gasteiger partial charge is 0.299 e. The van der Waals surface area contributed by atoms with Gasteiger partial charge in [0.25, 0.3) is 0 Å². The Morgan fingerprint density at radius 3 is 2.48 bits per heavy atom. The summed E-state index contributed by atoms with van der Waals surface area (Å²) in [5.74, 6) is -1.33. The number of hydrogen-bond acceptors (Lipinski definition) is 6. The van der Waals surface area contributed by atoms with Crippen molar-refractivity contribution in [2.24, 2.45) is 0 Å². The first-order chi connectivity index (χ1) is 12.8. The van der Waals surface area contributed by atoms with Crippen LogP contribution in [-0.4, -0.2) is 29.8 Å². The second-order valence-electron chi connectivity index (χ2n) is 5.52. The lowest BCUT2D eigenvalue weighted by atomic mass is 10.2. The number of sulfone groups is 1. The van der Waals surface area contributed by atoms with Crippen LogP contribution in [0.15, 0.2) is 53.4 Å². The van der Waals surface area contributed by atoms with Crippen LogP contribution in [0.5, 0.6) is 0 Å². The highest BCUT2D eigenvalue weighted by Gasteiger charge is 2.30. The zero-order valence-corrected chi connectivity index (χ0v) is 16.3. The molecule has 0 bridgehead atoms. The second kappa shape index (κ2) is 7.71. The molecule has 1 atom stereocenters. The van der Waals surface area contributed by atoms with E-state index < -0.39 is 26.8 Å². The van der Waals surface area contributed by atoms with Crippen LogP contribution < -0.4 is 5.32 Å². The van der Waals surface area contributed by atoms with Gasteiger partial charge in [-0.25, -0.2) is 12.8 Å². The summed E-state index contributed by atoms with van der Waals surface area (Å²) in [6.45, 7) is 1.25. The molecule has 0 radical (unpaired) electrons. The van der Waals surface area contributed by atoms with E-state index in [2.05, 4.69) is 15.5 Å². The smallest absolute Gasteiger partial charge is 0.244 e. The van der Waals surface area contributed by atoms with E-state index in [1.807, 2.05) is 0 Å². The molecule has 0 aliphatic rings. The Hall–Kier alpha value is -2.36. The van der Waals surface area contributed by atoms with E-state index in [0.29, 0.717) is 15.6 Å². The van der Waals surface area contributed by atoms with Gasteiger partial charge in [0.2, 0.25) is 11.0 Å². The van der Waals surface area contributed by atoms with Crippen molar-refractivity contribution in [3.8, 4) is 10.6 Å². The van der Waals surface area contributed by atoms with E-state index in [4.69, 9.17) is 11.6 Å². The molecule has 0 spiro atoms. The molecule has 3 aromatic rings. The van der Waals surface area contributed by atoms with Gasteiger partial charge in [0.1, 0.15) is 11.1 Å². The molecule has 1 amide bonds. The molecule has 6 nitrogen and oxygen atoms in total. The SMILES string of the molecule is CC(C(=O)Nc1nnc(-c2ccccc2Cl)s1)S(=O)(=O)c1ccc(F)cc1. The third-order valence-electron chi connectivity index (χ3n) is 3.74. The molecule has 1 unspecified atom stereocenters. The van der Waals surface area contributed by atoms with Gasteiger partial charge < -0.3 is 0 Å². The van der Waals surface area contributed by atoms with Crippen molar-refractivity contribution >= 4 is 43.8 Å². The van der Waals surface area contributed by atoms with E-state index in [1.54, 1.807) is 24.3 Å². The lowest BCUT2D eigenvalue weighted by molar-refractivity contribution is -0.115. The van der Waals surface area contributed by atoms with Crippen molar-refractivity contribution < 1.29 is 17.6 Å². The molecule has 2 aromatic carbocycles. The summed E-state index contributed by atoms with van der Waals surface area (Å²) >= 11 is 7.18. The van der Waals surface area contributed by atoms with E-state index >= 15 is 0 Å². The third-order valence-corrected chi connectivity index (χ3v) is 7.01. The molecule has 0 saturated carbocycles. The second-order valence-corrected chi connectivity index (χ2v) is 9.18. The number of carbonyl (C=O) groups is 1. The van der Waals surface area contributed by atoms with E-state index in [1.165, 1.54) is 6.92 Å². The highest BCUT2D eigenvalue weighted by molar-refractivity contribution is 7.92. The van der Waals surface area contributed by atoms with Crippen molar-refractivity contribution in [1.82, 2.24) is 10.2 Å². The van der Waals surface area contributed by atoms with Gasteiger partial charge in [0.15, 0.2) is 14.8 Å². The molecule has 10 heteroatoms. The monoisotopic (exact) mass is 425 g/mol. The Bertz CT molecular complexity index is 1080. The highest BCUT2D eigenvalue weighted by Crippen LogP contribution is 2.31. The van der Waals surface area contributed by atoms with Crippen LogP contribution >= 0.6 is 22.9 Å². The minimum atomic E-state index is -3.97. The van der Waals surface area contributed by atoms with Crippen molar-refractivity contribution in [3.63, 3.8) is 0 Å². The number of nitrogens with one attached hydrogen (secondary N) is 1. The van der Waals surface area contributed by atoms with Crippen molar-refractivity contribution in [2.45, 2.75) is 17.1 Å². The number of rotatable bonds is 5. The first-order valence-electron chi connectivity index (χ1n) is 7.68. The molecule has 3 rings (SSSR count). The maximum Gasteiger partial charge on any atom is 0.244 e. The number of carbonyl (C=O) groups excluding carboxylic acids is 1. The van der Waals surface area contributed by atoms with Gasteiger partial charge in [-0.1, -0.05) is 41.1 Å². The average molecular weight is 426 g/mol. The standard InChI is InChI=1S/C17H13ClFN3O3S2/c1-10(27(24,25)12-8-6-11(19)7-9-12)15(23)20-17-22-21-16(26-17)13-4-2-3-5-14(13)18/h2-10H,1H3,(H,20,22,23). The van der Waals surface area contributed by atoms with Gasteiger partial charge in [-0.05, 0) is 37.3 Å². The lowest BCUT2D eigenvalue weighted by Crippen LogP contribution is -2.32. The van der Waals surface area contributed by atoms with Gasteiger partial charge in [-0.15, -0.1) is 10.2 Å². The molecule has 0 aliphatic heterocycles. The van der Waals surface area contributed by atoms with Gasteiger partial charge in [-0.2, -0.15) is 0 Å². The van der Waals surface area contributed by atoms with Gasteiger partial charge in [0.05, 0.1) is 9.92 Å². The number of halogens is 2. The fourth-order valence-electron chi connectivity index (χ4n) is 2.19. The number of aromatic nitrogens is 2. The topological polar surface area (TPSA) is 89.0 Å². The highest BCUT2D eigenvalue weighted by atomic mass is 35.5. The molecule has 1 heterocycles. The number of benzene rings is 2. The summed E-state index contributed by atoms with van der Waals surface area (Å²) in [6.07, 6.45) is 0. The van der Waals surface area contributed by atoms with Crippen LogP contribution in [0.25, 0.3) is 10.6 Å². The van der Waals surface area contributed by atoms with Crippen LogP contribution in [0, 0.1) is 5.82 Å². The van der Waals surface area contributed by atoms with Crippen LogP contribution in [0.4, 0.5) is 9.52 Å². The third kappa shape index (κ3) is 4.15. The molecule has 0 saturated heterocycles. The fraction of sp³-hybridized carbons (Fsp3) is 0.118. The molecule has 0 aliphatic carbocycles. The van der Waals surface area contributed by atoms with Crippen molar-refractivity contribution in [1.29, 1.82) is 0 Å². The minimum Gasteiger partial charge on any atom is -0.299 e. The average Bonchev–Trinajstić information content (AvgIpc) is 3.10. The normalized spacial score (nSPS) is 12.6. The summed E-state index contributed by atoms with van der Waals surface area (Å²) in [6, 6.07) is 11.3. The van der Waals surface area contributed by atoms with Crippen LogP contribution in [0.2, 0.25) is 5.02 Å². The summed E-state index contributed by atoms with van der Waals surface area (Å²) in [4.78, 5) is 12.2. The minimum absolute atomic E-state index is 0.138. The number of hydrogen-bond donors (Lipinski definition) is 1. The molecule has 27 heavy (non-hydrogen) atoms. The number of amides is 1. The Labute approximate surface area is 163 Å². The van der Waals surface area contributed by atoms with Gasteiger partial charge >= 0.3 is 0 Å². The molecular weight excluding hydrogens is 413 g/mol. The lowest BCUT2D eigenvalue weighted by Gasteiger charge is -2.12. The van der Waals surface area contributed by atoms with Crippen LogP contribution in [0.1, 0.15) is 6.92 Å². The predicted octanol–water partition coefficient (Wildman–Crippen LogP) is 3.80. The van der Waals surface area contributed by atoms with Crippen molar-refractivity contribution in [2.75, 3.05) is 5.32 Å². The van der Waals surface area contributed by atoms with Crippen LogP contribution in [-0.2, 0) is 14.6 Å². The van der Waals surface area contributed by atoms with Gasteiger partial charge in [-0.3, -0.25) is 10.1 Å². The van der Waals surface area contributed by atoms with Crippen molar-refractivity contribution in [3.05, 3.63) is 59.4 Å². The molecular formula is C17H13ClFN3O3S2. The molecule has 1 N–H and O–H groups in total. The van der Waals surface area contributed by atoms with E-state index in [9.17, 15) is 17.6 Å². The zero-order valence-electron chi connectivity index (χ0n) is 13.9. The summed E-state index contributed by atoms with van der Waals surface area (Å²) in [5.41, 5.74) is 0.657. The van der Waals surface area contributed by atoms with E-state index in [-0.39, 0.29) is 10.0 Å². The summed E-state index contributed by atoms with van der Waals surface area (Å²) in [5, 5.41) is 10.0. The molecule has 0 fully saturated rings. The first-order valence-corrected chi connectivity index (χ1v) is 10.4. The Kier molecular flexibility index (Phi) is 5.54. The quantitative estimate of drug-likeness (QED) is 0.628. The number of anilines is 1. The molecule has 140 valence electrons. The summed E-state index contributed by atoms with van der Waals surface area (Å²) < 4.78 is 38.0. The molecule has 1 aromatic heterocycles. The Balaban J connectivity index is 1.77. The van der Waals surface area contributed by atoms with Crippen LogP contribution in [0.3, 0.4) is 0 Å². The van der Waals surface area contributed by atoms with Gasteiger partial charge in [0, 0.05) is 5.56 Å². The summed E-state index contributed by atoms with van der Waals surface area (Å²) in [7, 11) is -3.97. The van der Waals surface area contributed by atoms with E-state index in [0.717, 1.165) is 35.6 Å². The maximum atomic E-state index is 13.0. The number of nitrogens with zero attached hydrogens (tertiary/aromatic N) is 2. The first kappa shape index (κ1) is 19.4. The Morgan fingerprint density at radius 1 is 1.15 bits per heavy atom. The zero-order chi connectivity index (χ0) is 19.6. The fourth-order valence-corrected chi connectivity index (χ4v) is 4.53. The predicted molar refractivity (Wildman–Crippen MR) is 102 cm³/mol. The Morgan fingerprint density at radius 2 is 1.81 bits per heavy atom. The maximum absolute atomic E-state index is 13.0.